The number of hydrogen-bond donors (Lipinski definition) is 2. The molecule has 5 heteroatoms. The Balaban J connectivity index is 2.66. The van der Waals surface area contributed by atoms with Crippen LogP contribution >= 0.6 is 0 Å². The van der Waals surface area contributed by atoms with Gasteiger partial charge in [0.25, 0.3) is 0 Å². The van der Waals surface area contributed by atoms with Crippen LogP contribution in [0.25, 0.3) is 0 Å². The zero-order valence-electron chi connectivity index (χ0n) is 7.82. The van der Waals surface area contributed by atoms with Crippen molar-refractivity contribution in [2.45, 2.75) is 13.8 Å². The van der Waals surface area contributed by atoms with Crippen molar-refractivity contribution in [3.05, 3.63) is 6.07 Å². The van der Waals surface area contributed by atoms with Gasteiger partial charge in [0.1, 0.15) is 5.82 Å². The first-order valence-electron chi connectivity index (χ1n) is 4.10. The molecule has 0 aliphatic carbocycles. The Bertz CT molecular complexity index is 267. The van der Waals surface area contributed by atoms with E-state index in [0.717, 1.165) is 0 Å². The van der Waals surface area contributed by atoms with E-state index in [0.29, 0.717) is 24.2 Å². The summed E-state index contributed by atoms with van der Waals surface area (Å²) in [7, 11) is 0. The molecule has 4 N–H and O–H groups in total. The van der Waals surface area contributed by atoms with Crippen molar-refractivity contribution in [1.82, 2.24) is 9.97 Å². The quantitative estimate of drug-likeness (QED) is 0.717. The van der Waals surface area contributed by atoms with Gasteiger partial charge in [-0.25, -0.2) is 0 Å². The average molecular weight is 182 g/mol. The standard InChI is InChI=1S/C8H14N4O/c1-5(2)4-13-7-3-6(9)11-8(10)12-7/h3,5H,4H2,1-2H3,(H4,9,10,11,12). The van der Waals surface area contributed by atoms with Gasteiger partial charge in [-0.2, -0.15) is 9.97 Å². The zero-order valence-corrected chi connectivity index (χ0v) is 7.82. The number of hydrogen-bond acceptors (Lipinski definition) is 5. The molecule has 0 unspecified atom stereocenters. The topological polar surface area (TPSA) is 87.0 Å². The van der Waals surface area contributed by atoms with Crippen LogP contribution < -0.4 is 16.2 Å². The molecule has 0 saturated carbocycles. The van der Waals surface area contributed by atoms with Crippen LogP contribution in [0.5, 0.6) is 5.88 Å². The van der Waals surface area contributed by atoms with Gasteiger partial charge < -0.3 is 16.2 Å². The van der Waals surface area contributed by atoms with Gasteiger partial charge in [-0.05, 0) is 5.92 Å². The molecule has 0 radical (unpaired) electrons. The molecule has 5 nitrogen and oxygen atoms in total. The van der Waals surface area contributed by atoms with Crippen LogP contribution in [0.3, 0.4) is 0 Å². The van der Waals surface area contributed by atoms with E-state index in [1.165, 1.54) is 0 Å². The van der Waals surface area contributed by atoms with E-state index in [2.05, 4.69) is 9.97 Å². The van der Waals surface area contributed by atoms with Crippen LogP contribution in [0.2, 0.25) is 0 Å². The lowest BCUT2D eigenvalue weighted by atomic mass is 10.2. The summed E-state index contributed by atoms with van der Waals surface area (Å²) >= 11 is 0. The van der Waals surface area contributed by atoms with Gasteiger partial charge in [0.05, 0.1) is 6.61 Å². The summed E-state index contributed by atoms with van der Waals surface area (Å²) < 4.78 is 5.32. The summed E-state index contributed by atoms with van der Waals surface area (Å²) in [5.74, 6) is 1.33. The fourth-order valence-electron chi connectivity index (χ4n) is 0.787. The number of nitrogen functional groups attached to an aromatic ring is 2. The minimum atomic E-state index is 0.138. The fourth-order valence-corrected chi connectivity index (χ4v) is 0.787. The van der Waals surface area contributed by atoms with Crippen LogP contribution in [-0.2, 0) is 0 Å². The molecule has 1 aromatic heterocycles. The summed E-state index contributed by atoms with van der Waals surface area (Å²) in [4.78, 5) is 7.60. The number of aromatic nitrogens is 2. The van der Waals surface area contributed by atoms with E-state index in [4.69, 9.17) is 16.2 Å². The number of nitrogens with zero attached hydrogens (tertiary/aromatic N) is 2. The molecule has 1 aromatic rings. The third-order valence-electron chi connectivity index (χ3n) is 1.30. The Morgan fingerprint density at radius 1 is 1.38 bits per heavy atom. The molecule has 0 atom stereocenters. The number of rotatable bonds is 3. The number of anilines is 2. The maximum atomic E-state index is 5.45. The van der Waals surface area contributed by atoms with Crippen LogP contribution in [0.4, 0.5) is 11.8 Å². The lowest BCUT2D eigenvalue weighted by molar-refractivity contribution is 0.261. The summed E-state index contributed by atoms with van der Waals surface area (Å²) in [6.45, 7) is 4.69. The second kappa shape index (κ2) is 3.93. The summed E-state index contributed by atoms with van der Waals surface area (Å²) in [5, 5.41) is 0. The molecule has 0 amide bonds. The number of ether oxygens (including phenoxy) is 1. The highest BCUT2D eigenvalue weighted by Crippen LogP contribution is 2.12. The molecule has 1 rings (SSSR count). The van der Waals surface area contributed by atoms with Crippen molar-refractivity contribution < 1.29 is 4.74 Å². The highest BCUT2D eigenvalue weighted by atomic mass is 16.5. The lowest BCUT2D eigenvalue weighted by Gasteiger charge is -2.07. The monoisotopic (exact) mass is 182 g/mol. The average Bonchev–Trinajstić information content (AvgIpc) is 1.99. The maximum absolute atomic E-state index is 5.45. The van der Waals surface area contributed by atoms with Gasteiger partial charge >= 0.3 is 0 Å². The minimum Gasteiger partial charge on any atom is -0.477 e. The largest absolute Gasteiger partial charge is 0.477 e. The molecule has 0 bridgehead atoms. The van der Waals surface area contributed by atoms with Crippen molar-refractivity contribution in [3.8, 4) is 5.88 Å². The van der Waals surface area contributed by atoms with Crippen molar-refractivity contribution in [3.63, 3.8) is 0 Å². The first kappa shape index (κ1) is 9.57. The molecule has 72 valence electrons. The SMILES string of the molecule is CC(C)COc1cc(N)nc(N)n1. The molecule has 0 aliphatic rings. The first-order chi connectivity index (χ1) is 6.08. The summed E-state index contributed by atoms with van der Waals surface area (Å²) in [6.07, 6.45) is 0. The molecule has 1 heterocycles. The van der Waals surface area contributed by atoms with E-state index in [9.17, 15) is 0 Å². The van der Waals surface area contributed by atoms with Gasteiger partial charge in [0.15, 0.2) is 0 Å². The predicted octanol–water partition coefficient (Wildman–Crippen LogP) is 0.676. The Morgan fingerprint density at radius 2 is 2.08 bits per heavy atom. The van der Waals surface area contributed by atoms with Crippen LogP contribution in [0.1, 0.15) is 13.8 Å². The maximum Gasteiger partial charge on any atom is 0.225 e. The Labute approximate surface area is 77.1 Å². The Kier molecular flexibility index (Phi) is 2.89. The Morgan fingerprint density at radius 3 is 2.62 bits per heavy atom. The minimum absolute atomic E-state index is 0.138. The van der Waals surface area contributed by atoms with E-state index in [1.54, 1.807) is 6.07 Å². The molecule has 0 spiro atoms. The van der Waals surface area contributed by atoms with E-state index in [1.807, 2.05) is 13.8 Å². The highest BCUT2D eigenvalue weighted by molar-refractivity contribution is 5.38. The Hall–Kier alpha value is -1.52. The molecule has 0 aromatic carbocycles. The van der Waals surface area contributed by atoms with Crippen LogP contribution in [0, 0.1) is 5.92 Å². The molecular weight excluding hydrogens is 168 g/mol. The smallest absolute Gasteiger partial charge is 0.225 e. The second-order valence-electron chi connectivity index (χ2n) is 3.19. The number of nitrogens with two attached hydrogens (primary N) is 2. The third kappa shape index (κ3) is 3.14. The molecule has 0 saturated heterocycles. The summed E-state index contributed by atoms with van der Waals surface area (Å²) in [5.41, 5.74) is 10.8. The molecule has 0 aliphatic heterocycles. The summed E-state index contributed by atoms with van der Waals surface area (Å²) in [6, 6.07) is 1.55. The molecule has 13 heavy (non-hydrogen) atoms. The third-order valence-corrected chi connectivity index (χ3v) is 1.30. The van der Waals surface area contributed by atoms with Crippen molar-refractivity contribution in [2.24, 2.45) is 5.92 Å². The van der Waals surface area contributed by atoms with Gasteiger partial charge in [0.2, 0.25) is 11.8 Å². The van der Waals surface area contributed by atoms with Crippen LogP contribution in [0.15, 0.2) is 6.07 Å². The zero-order chi connectivity index (χ0) is 9.84. The predicted molar refractivity (Wildman–Crippen MR) is 51.2 cm³/mol. The van der Waals surface area contributed by atoms with Gasteiger partial charge in [-0.1, -0.05) is 13.8 Å². The van der Waals surface area contributed by atoms with Crippen molar-refractivity contribution in [1.29, 1.82) is 0 Å². The van der Waals surface area contributed by atoms with E-state index < -0.39 is 0 Å². The van der Waals surface area contributed by atoms with Crippen LogP contribution in [-0.4, -0.2) is 16.6 Å². The molecular formula is C8H14N4O. The van der Waals surface area contributed by atoms with Gasteiger partial charge in [-0.3, -0.25) is 0 Å². The van der Waals surface area contributed by atoms with Gasteiger partial charge in [-0.15, -0.1) is 0 Å². The molecule has 0 fully saturated rings. The normalized spacial score (nSPS) is 10.4. The lowest BCUT2D eigenvalue weighted by Crippen LogP contribution is -2.08. The van der Waals surface area contributed by atoms with E-state index >= 15 is 0 Å². The van der Waals surface area contributed by atoms with Crippen molar-refractivity contribution >= 4 is 11.8 Å². The first-order valence-corrected chi connectivity index (χ1v) is 4.10. The second-order valence-corrected chi connectivity index (χ2v) is 3.19. The fraction of sp³-hybridized carbons (Fsp3) is 0.500. The van der Waals surface area contributed by atoms with Crippen molar-refractivity contribution in [2.75, 3.05) is 18.1 Å². The van der Waals surface area contributed by atoms with E-state index in [-0.39, 0.29) is 5.95 Å². The van der Waals surface area contributed by atoms with Gasteiger partial charge in [0, 0.05) is 6.07 Å². The highest BCUT2D eigenvalue weighted by Gasteiger charge is 2.01.